The molecule has 10 rings (SSSR count). The van der Waals surface area contributed by atoms with Gasteiger partial charge in [0.1, 0.15) is 11.2 Å². The van der Waals surface area contributed by atoms with Crippen LogP contribution < -0.4 is 0 Å². The standard InChI is InChI=1S/C41H23N3OS/c1-2-9-25-20-28(17-16-24(25)8-1)39-42-40(44-41(43-39)32-13-7-15-37-38(32)31-12-5-6-14-36(31)46-37)29-18-19-30-33-21-26-10-3-4-11-27(26)22-35(33)45-34(30)23-29/h1-23H. The number of nitrogens with zero attached hydrogens (tertiary/aromatic N) is 3. The molecule has 3 aromatic heterocycles. The quantitative estimate of drug-likeness (QED) is 0.201. The van der Waals surface area contributed by atoms with Crippen LogP contribution in [0.4, 0.5) is 0 Å². The molecule has 0 saturated carbocycles. The number of fused-ring (bicyclic) bond motifs is 8. The third kappa shape index (κ3) is 3.96. The fourth-order valence-electron chi connectivity index (χ4n) is 6.65. The molecule has 0 aliphatic rings. The van der Waals surface area contributed by atoms with Crippen LogP contribution in [-0.2, 0) is 0 Å². The van der Waals surface area contributed by atoms with Gasteiger partial charge in [-0.05, 0) is 64.0 Å². The minimum absolute atomic E-state index is 0.609. The molecule has 0 saturated heterocycles. The smallest absolute Gasteiger partial charge is 0.164 e. The van der Waals surface area contributed by atoms with Crippen molar-refractivity contribution < 1.29 is 4.42 Å². The summed E-state index contributed by atoms with van der Waals surface area (Å²) in [7, 11) is 0. The number of benzene rings is 7. The van der Waals surface area contributed by atoms with E-state index in [1.807, 2.05) is 0 Å². The molecule has 3 heterocycles. The molecule has 0 aliphatic heterocycles. The fourth-order valence-corrected chi connectivity index (χ4v) is 7.78. The van der Waals surface area contributed by atoms with Crippen molar-refractivity contribution in [2.75, 3.05) is 0 Å². The molecule has 46 heavy (non-hydrogen) atoms. The third-order valence-electron chi connectivity index (χ3n) is 8.88. The molecule has 0 N–H and O–H groups in total. The Morgan fingerprint density at radius 1 is 0.413 bits per heavy atom. The van der Waals surface area contributed by atoms with Crippen molar-refractivity contribution in [2.45, 2.75) is 0 Å². The zero-order valence-corrected chi connectivity index (χ0v) is 25.3. The first-order valence-electron chi connectivity index (χ1n) is 15.3. The molecule has 0 aliphatic carbocycles. The van der Waals surface area contributed by atoms with E-state index in [9.17, 15) is 0 Å². The van der Waals surface area contributed by atoms with Crippen molar-refractivity contribution in [3.8, 4) is 34.2 Å². The fraction of sp³-hybridized carbons (Fsp3) is 0. The second-order valence-corrected chi connectivity index (χ2v) is 12.7. The van der Waals surface area contributed by atoms with Gasteiger partial charge in [-0.2, -0.15) is 0 Å². The van der Waals surface area contributed by atoms with Crippen molar-refractivity contribution in [3.63, 3.8) is 0 Å². The van der Waals surface area contributed by atoms with Gasteiger partial charge in [0.05, 0.1) is 0 Å². The van der Waals surface area contributed by atoms with E-state index >= 15 is 0 Å². The van der Waals surface area contributed by atoms with E-state index in [1.165, 1.54) is 30.9 Å². The highest BCUT2D eigenvalue weighted by Crippen LogP contribution is 2.40. The summed E-state index contributed by atoms with van der Waals surface area (Å²) >= 11 is 1.79. The number of hydrogen-bond donors (Lipinski definition) is 0. The minimum Gasteiger partial charge on any atom is -0.456 e. The van der Waals surface area contributed by atoms with Gasteiger partial charge in [-0.15, -0.1) is 11.3 Å². The zero-order chi connectivity index (χ0) is 30.2. The number of rotatable bonds is 3. The molecule has 0 radical (unpaired) electrons. The predicted molar refractivity (Wildman–Crippen MR) is 191 cm³/mol. The Morgan fingerprint density at radius 2 is 1.04 bits per heavy atom. The van der Waals surface area contributed by atoms with Crippen molar-refractivity contribution in [3.05, 3.63) is 140 Å². The topological polar surface area (TPSA) is 51.8 Å². The lowest BCUT2D eigenvalue weighted by Crippen LogP contribution is -2.00. The molecular formula is C41H23N3OS. The largest absolute Gasteiger partial charge is 0.456 e. The molecule has 0 bridgehead atoms. The van der Waals surface area contributed by atoms with Gasteiger partial charge >= 0.3 is 0 Å². The Morgan fingerprint density at radius 3 is 1.89 bits per heavy atom. The van der Waals surface area contributed by atoms with Crippen molar-refractivity contribution in [1.29, 1.82) is 0 Å². The Bertz CT molecular complexity index is 2830. The summed E-state index contributed by atoms with van der Waals surface area (Å²) in [6.45, 7) is 0. The molecule has 0 spiro atoms. The lowest BCUT2D eigenvalue weighted by Gasteiger charge is -2.10. The molecule has 0 fully saturated rings. The first-order chi connectivity index (χ1) is 22.7. The number of aromatic nitrogens is 3. The zero-order valence-electron chi connectivity index (χ0n) is 24.4. The first-order valence-corrected chi connectivity index (χ1v) is 16.1. The van der Waals surface area contributed by atoms with E-state index in [1.54, 1.807) is 11.3 Å². The Labute approximate surface area is 267 Å². The molecule has 7 aromatic carbocycles. The second kappa shape index (κ2) is 9.80. The normalized spacial score (nSPS) is 11.9. The van der Waals surface area contributed by atoms with Crippen LogP contribution in [0.2, 0.25) is 0 Å². The Kier molecular flexibility index (Phi) is 5.41. The summed E-state index contributed by atoms with van der Waals surface area (Å²) in [6.07, 6.45) is 0. The van der Waals surface area contributed by atoms with Gasteiger partial charge in [-0.1, -0.05) is 97.1 Å². The molecular weight excluding hydrogens is 583 g/mol. The van der Waals surface area contributed by atoms with Crippen molar-refractivity contribution in [1.82, 2.24) is 15.0 Å². The van der Waals surface area contributed by atoms with E-state index < -0.39 is 0 Å². The van der Waals surface area contributed by atoms with E-state index in [-0.39, 0.29) is 0 Å². The minimum atomic E-state index is 0.609. The third-order valence-corrected chi connectivity index (χ3v) is 10.0. The average molecular weight is 606 g/mol. The van der Waals surface area contributed by atoms with Crippen LogP contribution in [0, 0.1) is 0 Å². The summed E-state index contributed by atoms with van der Waals surface area (Å²) in [6, 6.07) is 48.7. The maximum Gasteiger partial charge on any atom is 0.164 e. The molecule has 0 amide bonds. The highest BCUT2D eigenvalue weighted by Gasteiger charge is 2.18. The molecule has 5 heteroatoms. The SMILES string of the molecule is c1ccc2cc(-c3nc(-c4ccc5c(c4)oc4cc6ccccc6cc45)nc(-c4cccc5sc6ccccc6c45)n3)ccc2c1. The molecule has 0 unspecified atom stereocenters. The van der Waals surface area contributed by atoms with Gasteiger partial charge in [0.2, 0.25) is 0 Å². The van der Waals surface area contributed by atoms with Crippen LogP contribution in [0.5, 0.6) is 0 Å². The first kappa shape index (κ1) is 25.4. The lowest BCUT2D eigenvalue weighted by atomic mass is 10.0. The maximum absolute atomic E-state index is 6.43. The Balaban J connectivity index is 1.21. The van der Waals surface area contributed by atoms with Crippen LogP contribution in [0.25, 0.3) is 97.8 Å². The summed E-state index contributed by atoms with van der Waals surface area (Å²) in [4.78, 5) is 15.4. The van der Waals surface area contributed by atoms with E-state index in [2.05, 4.69) is 140 Å². The molecule has 0 atom stereocenters. The summed E-state index contributed by atoms with van der Waals surface area (Å²) < 4.78 is 8.89. The monoisotopic (exact) mass is 605 g/mol. The van der Waals surface area contributed by atoms with Crippen LogP contribution in [-0.4, -0.2) is 15.0 Å². The van der Waals surface area contributed by atoms with Gasteiger partial charge in [0.15, 0.2) is 17.5 Å². The number of furan rings is 1. The predicted octanol–water partition coefficient (Wildman–Crippen LogP) is 11.4. The highest BCUT2D eigenvalue weighted by molar-refractivity contribution is 7.25. The lowest BCUT2D eigenvalue weighted by molar-refractivity contribution is 0.669. The molecule has 10 aromatic rings. The van der Waals surface area contributed by atoms with Gasteiger partial charge in [-0.25, -0.2) is 15.0 Å². The van der Waals surface area contributed by atoms with E-state index in [4.69, 9.17) is 19.4 Å². The number of hydrogen-bond acceptors (Lipinski definition) is 5. The molecule has 214 valence electrons. The van der Waals surface area contributed by atoms with Gasteiger partial charge < -0.3 is 4.42 Å². The molecule has 4 nitrogen and oxygen atoms in total. The van der Waals surface area contributed by atoms with Gasteiger partial charge in [0, 0.05) is 47.6 Å². The van der Waals surface area contributed by atoms with Gasteiger partial charge in [-0.3, -0.25) is 0 Å². The van der Waals surface area contributed by atoms with Crippen LogP contribution in [0.1, 0.15) is 0 Å². The van der Waals surface area contributed by atoms with Crippen LogP contribution in [0.3, 0.4) is 0 Å². The summed E-state index contributed by atoms with van der Waals surface area (Å²) in [5.41, 5.74) is 4.50. The Hall–Kier alpha value is -5.91. The summed E-state index contributed by atoms with van der Waals surface area (Å²) in [5.74, 6) is 1.90. The van der Waals surface area contributed by atoms with Crippen molar-refractivity contribution >= 4 is 75.0 Å². The maximum atomic E-state index is 6.43. The van der Waals surface area contributed by atoms with E-state index in [0.717, 1.165) is 49.4 Å². The second-order valence-electron chi connectivity index (χ2n) is 11.7. The highest BCUT2D eigenvalue weighted by atomic mass is 32.1. The van der Waals surface area contributed by atoms with Crippen LogP contribution in [0.15, 0.2) is 144 Å². The summed E-state index contributed by atoms with van der Waals surface area (Å²) in [5, 5.41) is 9.23. The van der Waals surface area contributed by atoms with Gasteiger partial charge in [0.25, 0.3) is 0 Å². The van der Waals surface area contributed by atoms with Crippen LogP contribution >= 0.6 is 11.3 Å². The van der Waals surface area contributed by atoms with Crippen molar-refractivity contribution in [2.24, 2.45) is 0 Å². The average Bonchev–Trinajstić information content (AvgIpc) is 3.67. The van der Waals surface area contributed by atoms with E-state index in [0.29, 0.717) is 17.5 Å². The number of thiophene rings is 1.